The summed E-state index contributed by atoms with van der Waals surface area (Å²) in [5.41, 5.74) is 0.691. The van der Waals surface area contributed by atoms with Gasteiger partial charge < -0.3 is 9.64 Å². The van der Waals surface area contributed by atoms with Gasteiger partial charge in [0.15, 0.2) is 0 Å². The van der Waals surface area contributed by atoms with Crippen LogP contribution in [0.1, 0.15) is 24.4 Å². The number of amides is 1. The van der Waals surface area contributed by atoms with Gasteiger partial charge in [0.25, 0.3) is 0 Å². The molecule has 0 aromatic carbocycles. The lowest BCUT2D eigenvalue weighted by molar-refractivity contribution is -0.143. The van der Waals surface area contributed by atoms with Crippen molar-refractivity contribution in [2.75, 3.05) is 13.2 Å². The molecule has 1 spiro atoms. The monoisotopic (exact) mass is 312 g/mol. The minimum atomic E-state index is -0.204. The van der Waals surface area contributed by atoms with E-state index < -0.39 is 0 Å². The summed E-state index contributed by atoms with van der Waals surface area (Å²) in [7, 11) is 0. The summed E-state index contributed by atoms with van der Waals surface area (Å²) < 4.78 is 5.91. The van der Waals surface area contributed by atoms with E-state index in [4.69, 9.17) is 27.9 Å². The van der Waals surface area contributed by atoms with Crippen LogP contribution < -0.4 is 0 Å². The highest BCUT2D eigenvalue weighted by molar-refractivity contribution is 6.32. The van der Waals surface area contributed by atoms with E-state index in [2.05, 4.69) is 11.6 Å². The van der Waals surface area contributed by atoms with Crippen LogP contribution in [0.5, 0.6) is 0 Å². The van der Waals surface area contributed by atoms with E-state index in [0.29, 0.717) is 23.5 Å². The molecule has 1 atom stereocenters. The third kappa shape index (κ3) is 2.55. The second kappa shape index (κ2) is 5.02. The van der Waals surface area contributed by atoms with Crippen molar-refractivity contribution in [2.24, 2.45) is 0 Å². The first-order chi connectivity index (χ1) is 9.53. The van der Waals surface area contributed by atoms with Crippen molar-refractivity contribution in [3.05, 3.63) is 40.7 Å². The van der Waals surface area contributed by atoms with Crippen LogP contribution in [-0.4, -0.2) is 34.5 Å². The summed E-state index contributed by atoms with van der Waals surface area (Å²) in [4.78, 5) is 17.8. The molecular formula is C14H14Cl2N2O2. The molecule has 0 N–H and O–H groups in total. The van der Waals surface area contributed by atoms with Crippen molar-refractivity contribution in [2.45, 2.75) is 24.5 Å². The minimum Gasteiger partial charge on any atom is -0.371 e. The summed E-state index contributed by atoms with van der Waals surface area (Å²) in [6.45, 7) is 4.59. The average molecular weight is 313 g/mol. The largest absolute Gasteiger partial charge is 0.371 e. The first kappa shape index (κ1) is 13.9. The van der Waals surface area contributed by atoms with Crippen molar-refractivity contribution in [1.82, 2.24) is 9.88 Å². The Morgan fingerprint density at radius 2 is 2.10 bits per heavy atom. The van der Waals surface area contributed by atoms with E-state index in [0.717, 1.165) is 18.4 Å². The molecule has 6 heteroatoms. The Hall–Kier alpha value is -1.10. The fourth-order valence-corrected chi connectivity index (χ4v) is 3.03. The lowest BCUT2D eigenvalue weighted by Gasteiger charge is -2.40. The van der Waals surface area contributed by atoms with Gasteiger partial charge in [-0.3, -0.25) is 4.79 Å². The van der Waals surface area contributed by atoms with Crippen LogP contribution >= 0.6 is 23.2 Å². The van der Waals surface area contributed by atoms with Crippen molar-refractivity contribution >= 4 is 29.1 Å². The molecule has 0 bridgehead atoms. The third-order valence-corrected chi connectivity index (χ3v) is 4.20. The Morgan fingerprint density at radius 1 is 1.45 bits per heavy atom. The SMILES string of the molecule is C=CC(=O)N1CC2(CC2)OCC1c1cc(Cl)nc(Cl)c1. The zero-order valence-electron chi connectivity index (χ0n) is 10.8. The number of ether oxygens (including phenoxy) is 1. The summed E-state index contributed by atoms with van der Waals surface area (Å²) in [6, 6.07) is 3.23. The Bertz CT molecular complexity index is 552. The minimum absolute atomic E-state index is 0.103. The molecule has 1 amide bonds. The van der Waals surface area contributed by atoms with Crippen LogP contribution in [0.4, 0.5) is 0 Å². The highest BCUT2D eigenvalue weighted by atomic mass is 35.5. The van der Waals surface area contributed by atoms with Gasteiger partial charge >= 0.3 is 0 Å². The number of pyridine rings is 1. The average Bonchev–Trinajstić information content (AvgIpc) is 3.16. The van der Waals surface area contributed by atoms with Crippen LogP contribution in [0.3, 0.4) is 0 Å². The van der Waals surface area contributed by atoms with Gasteiger partial charge in [0.05, 0.1) is 24.8 Å². The number of halogens is 2. The highest BCUT2D eigenvalue weighted by Crippen LogP contribution is 2.46. The fourth-order valence-electron chi connectivity index (χ4n) is 2.55. The van der Waals surface area contributed by atoms with E-state index in [1.54, 1.807) is 17.0 Å². The number of morpholine rings is 1. The van der Waals surface area contributed by atoms with E-state index in [1.807, 2.05) is 0 Å². The lowest BCUT2D eigenvalue weighted by atomic mass is 10.0. The maximum Gasteiger partial charge on any atom is 0.246 e. The van der Waals surface area contributed by atoms with Crippen LogP contribution in [0.25, 0.3) is 0 Å². The molecule has 0 radical (unpaired) electrons. The molecule has 1 saturated heterocycles. The summed E-state index contributed by atoms with van der Waals surface area (Å²) >= 11 is 11.9. The highest BCUT2D eigenvalue weighted by Gasteiger charge is 2.50. The Morgan fingerprint density at radius 3 is 2.65 bits per heavy atom. The molecule has 1 saturated carbocycles. The first-order valence-corrected chi connectivity index (χ1v) is 7.19. The van der Waals surface area contributed by atoms with Gasteiger partial charge in [-0.25, -0.2) is 4.98 Å². The predicted molar refractivity (Wildman–Crippen MR) is 76.8 cm³/mol. The molecular weight excluding hydrogens is 299 g/mol. The molecule has 1 aliphatic heterocycles. The van der Waals surface area contributed by atoms with Crippen LogP contribution in [0, 0.1) is 0 Å². The molecule has 2 aliphatic rings. The van der Waals surface area contributed by atoms with E-state index >= 15 is 0 Å². The molecule has 1 aromatic heterocycles. The molecule has 1 aromatic rings. The number of aromatic nitrogens is 1. The number of nitrogens with zero attached hydrogens (tertiary/aromatic N) is 2. The Kier molecular flexibility index (Phi) is 3.48. The first-order valence-electron chi connectivity index (χ1n) is 6.43. The molecule has 106 valence electrons. The zero-order valence-corrected chi connectivity index (χ0v) is 12.3. The maximum absolute atomic E-state index is 12.1. The molecule has 2 fully saturated rings. The number of hydrogen-bond donors (Lipinski definition) is 0. The molecule has 20 heavy (non-hydrogen) atoms. The number of hydrogen-bond acceptors (Lipinski definition) is 3. The van der Waals surface area contributed by atoms with Gasteiger partial charge in [-0.2, -0.15) is 0 Å². The van der Waals surface area contributed by atoms with Gasteiger partial charge in [-0.15, -0.1) is 0 Å². The predicted octanol–water partition coefficient (Wildman–Crippen LogP) is 3.01. The summed E-state index contributed by atoms with van der Waals surface area (Å²) in [5, 5.41) is 0.621. The van der Waals surface area contributed by atoms with Crippen molar-refractivity contribution in [3.63, 3.8) is 0 Å². The standard InChI is InChI=1S/C14H14Cl2N2O2/c1-2-13(19)18-8-14(3-4-14)20-7-10(18)9-5-11(15)17-12(16)6-9/h2,5-6,10H,1,3-4,7-8H2. The quantitative estimate of drug-likeness (QED) is 0.623. The molecule has 4 nitrogen and oxygen atoms in total. The normalized spacial score (nSPS) is 23.7. The Labute approximate surface area is 127 Å². The van der Waals surface area contributed by atoms with E-state index in [-0.39, 0.29) is 17.6 Å². The van der Waals surface area contributed by atoms with Crippen molar-refractivity contribution < 1.29 is 9.53 Å². The summed E-state index contributed by atoms with van der Waals surface area (Å²) in [5.74, 6) is -0.103. The fraction of sp³-hybridized carbons (Fsp3) is 0.429. The lowest BCUT2D eigenvalue weighted by Crippen LogP contribution is -2.48. The van der Waals surface area contributed by atoms with Crippen LogP contribution in [-0.2, 0) is 9.53 Å². The van der Waals surface area contributed by atoms with Crippen molar-refractivity contribution in [1.29, 1.82) is 0 Å². The van der Waals surface area contributed by atoms with Gasteiger partial charge in [0.2, 0.25) is 5.91 Å². The van der Waals surface area contributed by atoms with Gasteiger partial charge in [0.1, 0.15) is 10.3 Å². The maximum atomic E-state index is 12.1. The van der Waals surface area contributed by atoms with Gasteiger partial charge in [0, 0.05) is 0 Å². The molecule has 3 rings (SSSR count). The zero-order chi connectivity index (χ0) is 14.3. The second-order valence-electron chi connectivity index (χ2n) is 5.23. The van der Waals surface area contributed by atoms with Gasteiger partial charge in [-0.05, 0) is 36.6 Å². The molecule has 1 aliphatic carbocycles. The Balaban J connectivity index is 1.93. The number of rotatable bonds is 2. The topological polar surface area (TPSA) is 42.4 Å². The van der Waals surface area contributed by atoms with E-state index in [1.165, 1.54) is 6.08 Å². The van der Waals surface area contributed by atoms with Crippen molar-refractivity contribution in [3.8, 4) is 0 Å². The smallest absolute Gasteiger partial charge is 0.246 e. The van der Waals surface area contributed by atoms with Crippen LogP contribution in [0.15, 0.2) is 24.8 Å². The van der Waals surface area contributed by atoms with Gasteiger partial charge in [-0.1, -0.05) is 29.8 Å². The second-order valence-corrected chi connectivity index (χ2v) is 6.00. The third-order valence-electron chi connectivity index (χ3n) is 3.82. The van der Waals surface area contributed by atoms with E-state index in [9.17, 15) is 4.79 Å². The summed E-state index contributed by atoms with van der Waals surface area (Å²) in [6.07, 6.45) is 3.33. The van der Waals surface area contributed by atoms with Crippen LogP contribution in [0.2, 0.25) is 10.3 Å². The molecule has 2 heterocycles. The number of carbonyl (C=O) groups is 1. The number of carbonyl (C=O) groups excluding carboxylic acids is 1. The molecule has 1 unspecified atom stereocenters.